The second-order valence-electron chi connectivity index (χ2n) is 4.66. The molecular formula is C16H16BrClFN. The number of benzene rings is 2. The van der Waals surface area contributed by atoms with E-state index >= 15 is 0 Å². The summed E-state index contributed by atoms with van der Waals surface area (Å²) in [4.78, 5) is 0. The first-order valence-corrected chi connectivity index (χ1v) is 7.64. The van der Waals surface area contributed by atoms with E-state index in [9.17, 15) is 4.39 Å². The lowest BCUT2D eigenvalue weighted by Crippen LogP contribution is -2.23. The number of nitrogens with one attached hydrogen (secondary N) is 1. The van der Waals surface area contributed by atoms with Crippen molar-refractivity contribution in [1.29, 1.82) is 0 Å². The first-order valence-electron chi connectivity index (χ1n) is 6.47. The summed E-state index contributed by atoms with van der Waals surface area (Å²) in [6.45, 7) is 4.83. The molecule has 0 aromatic heterocycles. The van der Waals surface area contributed by atoms with Gasteiger partial charge in [0.25, 0.3) is 0 Å². The van der Waals surface area contributed by atoms with Crippen LogP contribution in [0.2, 0.25) is 5.02 Å². The summed E-state index contributed by atoms with van der Waals surface area (Å²) >= 11 is 9.70. The fourth-order valence-electron chi connectivity index (χ4n) is 2.29. The quantitative estimate of drug-likeness (QED) is 0.789. The Kier molecular flexibility index (Phi) is 5.19. The van der Waals surface area contributed by atoms with Crippen LogP contribution in [0.4, 0.5) is 4.39 Å². The molecule has 2 aromatic rings. The van der Waals surface area contributed by atoms with Gasteiger partial charge < -0.3 is 5.32 Å². The second kappa shape index (κ2) is 6.70. The molecule has 1 atom stereocenters. The summed E-state index contributed by atoms with van der Waals surface area (Å²) in [5.74, 6) is -0.276. The fraction of sp³-hybridized carbons (Fsp3) is 0.250. The van der Waals surface area contributed by atoms with Gasteiger partial charge in [0.05, 0.1) is 6.04 Å². The molecule has 1 N–H and O–H groups in total. The number of rotatable bonds is 4. The number of hydrogen-bond donors (Lipinski definition) is 1. The maximum absolute atomic E-state index is 13.5. The van der Waals surface area contributed by atoms with Crippen molar-refractivity contribution >= 4 is 27.5 Å². The van der Waals surface area contributed by atoms with Crippen LogP contribution in [-0.4, -0.2) is 6.54 Å². The van der Waals surface area contributed by atoms with E-state index in [1.807, 2.05) is 32.0 Å². The lowest BCUT2D eigenvalue weighted by atomic mass is 9.95. The Morgan fingerprint density at radius 1 is 1.20 bits per heavy atom. The smallest absolute Gasteiger partial charge is 0.123 e. The van der Waals surface area contributed by atoms with Crippen LogP contribution >= 0.6 is 27.5 Å². The lowest BCUT2D eigenvalue weighted by Gasteiger charge is -2.22. The maximum atomic E-state index is 13.5. The average molecular weight is 357 g/mol. The SMILES string of the molecule is CCNC(c1ccc(Br)cc1C)c1cc(F)ccc1Cl. The highest BCUT2D eigenvalue weighted by atomic mass is 79.9. The molecule has 20 heavy (non-hydrogen) atoms. The molecule has 1 nitrogen and oxygen atoms in total. The fourth-order valence-corrected chi connectivity index (χ4v) is 2.99. The van der Waals surface area contributed by atoms with Crippen LogP contribution in [0.15, 0.2) is 40.9 Å². The van der Waals surface area contributed by atoms with Crippen LogP contribution in [0.3, 0.4) is 0 Å². The van der Waals surface area contributed by atoms with Gasteiger partial charge >= 0.3 is 0 Å². The van der Waals surface area contributed by atoms with Crippen molar-refractivity contribution in [2.75, 3.05) is 6.54 Å². The number of hydrogen-bond acceptors (Lipinski definition) is 1. The Bertz CT molecular complexity index is 615. The molecule has 2 aromatic carbocycles. The van der Waals surface area contributed by atoms with E-state index in [4.69, 9.17) is 11.6 Å². The van der Waals surface area contributed by atoms with Crippen LogP contribution in [0.25, 0.3) is 0 Å². The van der Waals surface area contributed by atoms with Gasteiger partial charge in [0.2, 0.25) is 0 Å². The molecule has 0 heterocycles. The predicted molar refractivity (Wildman–Crippen MR) is 85.8 cm³/mol. The zero-order chi connectivity index (χ0) is 14.7. The first-order chi connectivity index (χ1) is 9.52. The largest absolute Gasteiger partial charge is 0.306 e. The molecule has 1 unspecified atom stereocenters. The van der Waals surface area contributed by atoms with Crippen LogP contribution < -0.4 is 5.32 Å². The lowest BCUT2D eigenvalue weighted by molar-refractivity contribution is 0.602. The highest BCUT2D eigenvalue weighted by molar-refractivity contribution is 9.10. The summed E-state index contributed by atoms with van der Waals surface area (Å²) in [7, 11) is 0. The van der Waals surface area contributed by atoms with Gasteiger partial charge in [-0.1, -0.05) is 40.5 Å². The van der Waals surface area contributed by atoms with E-state index in [1.54, 1.807) is 6.07 Å². The summed E-state index contributed by atoms with van der Waals surface area (Å²) in [6.07, 6.45) is 0. The second-order valence-corrected chi connectivity index (χ2v) is 5.98. The van der Waals surface area contributed by atoms with Crippen molar-refractivity contribution in [3.05, 3.63) is 68.4 Å². The minimum atomic E-state index is -0.276. The van der Waals surface area contributed by atoms with Crippen LogP contribution in [-0.2, 0) is 0 Å². The summed E-state index contributed by atoms with van der Waals surface area (Å²) in [5.41, 5.74) is 2.99. The van der Waals surface area contributed by atoms with E-state index < -0.39 is 0 Å². The van der Waals surface area contributed by atoms with Gasteiger partial charge in [0.15, 0.2) is 0 Å². The molecule has 106 valence electrons. The molecule has 0 fully saturated rings. The Hall–Kier alpha value is -0.900. The van der Waals surface area contributed by atoms with Crippen molar-refractivity contribution in [1.82, 2.24) is 5.32 Å². The summed E-state index contributed by atoms with van der Waals surface area (Å²) < 4.78 is 14.6. The Labute approximate surface area is 132 Å². The van der Waals surface area contributed by atoms with Crippen molar-refractivity contribution in [2.24, 2.45) is 0 Å². The van der Waals surface area contributed by atoms with E-state index in [1.165, 1.54) is 12.1 Å². The maximum Gasteiger partial charge on any atom is 0.123 e. The molecule has 0 radical (unpaired) electrons. The highest BCUT2D eigenvalue weighted by Crippen LogP contribution is 2.31. The minimum Gasteiger partial charge on any atom is -0.306 e. The molecule has 0 aliphatic heterocycles. The van der Waals surface area contributed by atoms with E-state index in [0.717, 1.165) is 27.7 Å². The standard InChI is InChI=1S/C16H16BrClFN/c1-3-20-16(13-6-4-11(17)8-10(13)2)14-9-12(19)5-7-15(14)18/h4-9,16,20H,3H2,1-2H3. The average Bonchev–Trinajstić information content (AvgIpc) is 2.40. The first kappa shape index (κ1) is 15.5. The minimum absolute atomic E-state index is 0.115. The molecule has 0 spiro atoms. The molecule has 0 saturated carbocycles. The molecule has 0 aliphatic rings. The number of halogens is 3. The third-order valence-electron chi connectivity index (χ3n) is 3.22. The molecule has 0 amide bonds. The third kappa shape index (κ3) is 3.40. The van der Waals surface area contributed by atoms with Gasteiger partial charge in [-0.05, 0) is 60.5 Å². The Morgan fingerprint density at radius 3 is 2.60 bits per heavy atom. The van der Waals surface area contributed by atoms with E-state index in [-0.39, 0.29) is 11.9 Å². The summed E-state index contributed by atoms with van der Waals surface area (Å²) in [6, 6.07) is 10.4. The van der Waals surface area contributed by atoms with Crippen LogP contribution in [0, 0.1) is 12.7 Å². The topological polar surface area (TPSA) is 12.0 Å². The number of aryl methyl sites for hydroxylation is 1. The van der Waals surface area contributed by atoms with Gasteiger partial charge in [-0.25, -0.2) is 4.39 Å². The Morgan fingerprint density at radius 2 is 1.95 bits per heavy atom. The van der Waals surface area contributed by atoms with Crippen molar-refractivity contribution in [3.8, 4) is 0 Å². The van der Waals surface area contributed by atoms with Crippen molar-refractivity contribution in [3.63, 3.8) is 0 Å². The molecule has 4 heteroatoms. The summed E-state index contributed by atoms with van der Waals surface area (Å²) in [5, 5.41) is 3.95. The molecule has 0 saturated heterocycles. The molecule has 0 bridgehead atoms. The Balaban J connectivity index is 2.53. The van der Waals surface area contributed by atoms with E-state index in [0.29, 0.717) is 5.02 Å². The van der Waals surface area contributed by atoms with Gasteiger partial charge in [-0.2, -0.15) is 0 Å². The predicted octanol–water partition coefficient (Wildman–Crippen LogP) is 5.25. The third-order valence-corrected chi connectivity index (χ3v) is 4.06. The van der Waals surface area contributed by atoms with Gasteiger partial charge in [0.1, 0.15) is 5.82 Å². The van der Waals surface area contributed by atoms with E-state index in [2.05, 4.69) is 21.2 Å². The molecule has 2 rings (SSSR count). The zero-order valence-corrected chi connectivity index (χ0v) is 13.7. The van der Waals surface area contributed by atoms with Gasteiger partial charge in [-0.3, -0.25) is 0 Å². The molecular weight excluding hydrogens is 341 g/mol. The van der Waals surface area contributed by atoms with Gasteiger partial charge in [0, 0.05) is 9.50 Å². The highest BCUT2D eigenvalue weighted by Gasteiger charge is 2.18. The zero-order valence-electron chi connectivity index (χ0n) is 11.4. The van der Waals surface area contributed by atoms with Crippen molar-refractivity contribution in [2.45, 2.75) is 19.9 Å². The van der Waals surface area contributed by atoms with Crippen LogP contribution in [0.1, 0.15) is 29.7 Å². The van der Waals surface area contributed by atoms with Gasteiger partial charge in [-0.15, -0.1) is 0 Å². The molecule has 0 aliphatic carbocycles. The van der Waals surface area contributed by atoms with Crippen molar-refractivity contribution < 1.29 is 4.39 Å². The monoisotopic (exact) mass is 355 g/mol. The normalized spacial score (nSPS) is 12.4. The van der Waals surface area contributed by atoms with Crippen LogP contribution in [0.5, 0.6) is 0 Å².